The van der Waals surface area contributed by atoms with Crippen molar-refractivity contribution >= 4 is 34.7 Å². The van der Waals surface area contributed by atoms with E-state index in [0.29, 0.717) is 11.1 Å². The van der Waals surface area contributed by atoms with Crippen molar-refractivity contribution < 1.29 is 24.6 Å². The number of carboxylic acids is 2. The number of carboxylic acid groups (broad SMARTS) is 2. The standard InChI is InChI=1S/C29H23NO5/c31-27(32)16-15-22-17-23(26-12-6-10-21-9-4-5-11-25(21)26)13-14-24(22)19-30(28(33)29(34)35)18-20-7-2-1-3-8-20/h1-17H,18-19H2,(H,31,32)(H,34,35)/b16-15+. The van der Waals surface area contributed by atoms with Gasteiger partial charge in [-0.2, -0.15) is 0 Å². The van der Waals surface area contributed by atoms with Gasteiger partial charge < -0.3 is 15.1 Å². The number of fused-ring (bicyclic) bond motifs is 1. The molecule has 6 heteroatoms. The highest BCUT2D eigenvalue weighted by Gasteiger charge is 2.22. The van der Waals surface area contributed by atoms with Gasteiger partial charge in [-0.25, -0.2) is 9.59 Å². The Kier molecular flexibility index (Phi) is 7.02. The van der Waals surface area contributed by atoms with Crippen molar-refractivity contribution in [2.75, 3.05) is 0 Å². The monoisotopic (exact) mass is 465 g/mol. The third-order valence-electron chi connectivity index (χ3n) is 5.70. The predicted molar refractivity (Wildman–Crippen MR) is 134 cm³/mol. The van der Waals surface area contributed by atoms with Gasteiger partial charge in [-0.15, -0.1) is 0 Å². The van der Waals surface area contributed by atoms with Gasteiger partial charge in [0, 0.05) is 19.2 Å². The molecule has 0 atom stereocenters. The zero-order valence-corrected chi connectivity index (χ0v) is 18.8. The fourth-order valence-corrected chi connectivity index (χ4v) is 4.04. The Morgan fingerprint density at radius 3 is 2.23 bits per heavy atom. The molecule has 4 aromatic rings. The quantitative estimate of drug-likeness (QED) is 0.288. The summed E-state index contributed by atoms with van der Waals surface area (Å²) in [4.78, 5) is 36.5. The molecule has 0 spiro atoms. The fourth-order valence-electron chi connectivity index (χ4n) is 4.04. The molecule has 174 valence electrons. The number of hydrogen-bond donors (Lipinski definition) is 2. The van der Waals surface area contributed by atoms with Crippen LogP contribution in [0.4, 0.5) is 0 Å². The molecule has 0 saturated heterocycles. The Balaban J connectivity index is 1.76. The van der Waals surface area contributed by atoms with Gasteiger partial charge in [0.1, 0.15) is 0 Å². The maximum atomic E-state index is 12.5. The van der Waals surface area contributed by atoms with E-state index in [1.807, 2.05) is 91.0 Å². The highest BCUT2D eigenvalue weighted by molar-refractivity contribution is 6.31. The van der Waals surface area contributed by atoms with E-state index in [4.69, 9.17) is 0 Å². The predicted octanol–water partition coefficient (Wildman–Crippen LogP) is 5.22. The molecule has 0 aliphatic carbocycles. The van der Waals surface area contributed by atoms with Crippen LogP contribution in [0.1, 0.15) is 16.7 Å². The second-order valence-electron chi connectivity index (χ2n) is 8.06. The van der Waals surface area contributed by atoms with E-state index in [9.17, 15) is 24.6 Å². The smallest absolute Gasteiger partial charge is 0.394 e. The molecular formula is C29H23NO5. The van der Waals surface area contributed by atoms with E-state index in [2.05, 4.69) is 0 Å². The second-order valence-corrected chi connectivity index (χ2v) is 8.06. The summed E-state index contributed by atoms with van der Waals surface area (Å²) >= 11 is 0. The molecule has 4 rings (SSSR count). The summed E-state index contributed by atoms with van der Waals surface area (Å²) in [6, 6.07) is 28.7. The summed E-state index contributed by atoms with van der Waals surface area (Å²) < 4.78 is 0. The maximum absolute atomic E-state index is 12.5. The van der Waals surface area contributed by atoms with Crippen LogP contribution in [0.25, 0.3) is 28.0 Å². The molecule has 0 fully saturated rings. The van der Waals surface area contributed by atoms with Crippen molar-refractivity contribution in [3.05, 3.63) is 114 Å². The number of rotatable bonds is 7. The third kappa shape index (κ3) is 5.62. The van der Waals surface area contributed by atoms with E-state index >= 15 is 0 Å². The van der Waals surface area contributed by atoms with Gasteiger partial charge in [0.25, 0.3) is 0 Å². The normalized spacial score (nSPS) is 11.0. The molecule has 0 bridgehead atoms. The van der Waals surface area contributed by atoms with Gasteiger partial charge >= 0.3 is 17.8 Å². The van der Waals surface area contributed by atoms with Crippen molar-refractivity contribution in [2.45, 2.75) is 13.1 Å². The van der Waals surface area contributed by atoms with E-state index < -0.39 is 17.8 Å². The molecule has 0 aliphatic rings. The van der Waals surface area contributed by atoms with Crippen molar-refractivity contribution in [1.82, 2.24) is 4.90 Å². The van der Waals surface area contributed by atoms with E-state index in [-0.39, 0.29) is 13.1 Å². The van der Waals surface area contributed by atoms with Crippen LogP contribution in [-0.4, -0.2) is 33.0 Å². The van der Waals surface area contributed by atoms with Crippen LogP contribution in [0.2, 0.25) is 0 Å². The van der Waals surface area contributed by atoms with Crippen molar-refractivity contribution in [3.63, 3.8) is 0 Å². The van der Waals surface area contributed by atoms with Gasteiger partial charge in [-0.05, 0) is 50.7 Å². The van der Waals surface area contributed by atoms with Crippen molar-refractivity contribution in [3.8, 4) is 11.1 Å². The van der Waals surface area contributed by atoms with Gasteiger partial charge in [0.15, 0.2) is 0 Å². The molecule has 1 amide bonds. The first kappa shape index (κ1) is 23.4. The molecule has 0 radical (unpaired) electrons. The largest absolute Gasteiger partial charge is 0.478 e. The van der Waals surface area contributed by atoms with Crippen molar-refractivity contribution in [2.24, 2.45) is 0 Å². The Hall–Kier alpha value is -4.71. The Morgan fingerprint density at radius 2 is 1.49 bits per heavy atom. The Bertz CT molecular complexity index is 1420. The fraction of sp³-hybridized carbons (Fsp3) is 0.0690. The summed E-state index contributed by atoms with van der Waals surface area (Å²) in [5.74, 6) is -3.68. The number of aliphatic carboxylic acids is 2. The molecule has 4 aromatic carbocycles. The summed E-state index contributed by atoms with van der Waals surface area (Å²) in [5, 5.41) is 20.7. The minimum atomic E-state index is -1.55. The lowest BCUT2D eigenvalue weighted by atomic mass is 9.94. The number of nitrogens with zero attached hydrogens (tertiary/aromatic N) is 1. The summed E-state index contributed by atoms with van der Waals surface area (Å²) in [6.45, 7) is 0.119. The lowest BCUT2D eigenvalue weighted by Gasteiger charge is -2.22. The molecule has 0 aliphatic heterocycles. The van der Waals surface area contributed by atoms with Gasteiger partial charge in [-0.1, -0.05) is 84.9 Å². The number of benzene rings is 4. The SMILES string of the molecule is O=C(O)/C=C/c1cc(-c2cccc3ccccc23)ccc1CN(Cc1ccccc1)C(=O)C(=O)O. The zero-order valence-electron chi connectivity index (χ0n) is 18.8. The summed E-state index contributed by atoms with van der Waals surface area (Å²) in [6.07, 6.45) is 2.50. The van der Waals surface area contributed by atoms with Crippen molar-refractivity contribution in [1.29, 1.82) is 0 Å². The molecule has 0 saturated carbocycles. The first-order chi connectivity index (χ1) is 16.9. The Labute approximate surface area is 202 Å². The molecule has 6 nitrogen and oxygen atoms in total. The molecule has 2 N–H and O–H groups in total. The van der Waals surface area contributed by atoms with Gasteiger partial charge in [-0.3, -0.25) is 4.79 Å². The average molecular weight is 466 g/mol. The van der Waals surface area contributed by atoms with Crippen LogP contribution in [-0.2, 0) is 27.5 Å². The minimum Gasteiger partial charge on any atom is -0.478 e. The maximum Gasteiger partial charge on any atom is 0.394 e. The van der Waals surface area contributed by atoms with Crippen LogP contribution in [0.3, 0.4) is 0 Å². The first-order valence-corrected chi connectivity index (χ1v) is 11.0. The average Bonchev–Trinajstić information content (AvgIpc) is 2.87. The van der Waals surface area contributed by atoms with E-state index in [0.717, 1.165) is 33.5 Å². The molecule has 0 heterocycles. The molecule has 0 unspecified atom stereocenters. The van der Waals surface area contributed by atoms with Crippen LogP contribution in [0.5, 0.6) is 0 Å². The highest BCUT2D eigenvalue weighted by atomic mass is 16.4. The summed E-state index contributed by atoms with van der Waals surface area (Å²) in [5.41, 5.74) is 3.89. The lowest BCUT2D eigenvalue weighted by molar-refractivity contribution is -0.156. The number of amides is 1. The number of carbonyl (C=O) groups is 3. The van der Waals surface area contributed by atoms with Crippen LogP contribution < -0.4 is 0 Å². The van der Waals surface area contributed by atoms with Gasteiger partial charge in [0.2, 0.25) is 0 Å². The molecule has 0 aromatic heterocycles. The van der Waals surface area contributed by atoms with Crippen LogP contribution in [0.15, 0.2) is 97.1 Å². The highest BCUT2D eigenvalue weighted by Crippen LogP contribution is 2.31. The topological polar surface area (TPSA) is 94.9 Å². The number of carbonyl (C=O) groups excluding carboxylic acids is 1. The molecule has 35 heavy (non-hydrogen) atoms. The van der Waals surface area contributed by atoms with E-state index in [1.165, 1.54) is 11.0 Å². The number of hydrogen-bond acceptors (Lipinski definition) is 3. The molecular weight excluding hydrogens is 442 g/mol. The minimum absolute atomic E-state index is 0.00906. The Morgan fingerprint density at radius 1 is 0.771 bits per heavy atom. The van der Waals surface area contributed by atoms with Crippen LogP contribution >= 0.6 is 0 Å². The van der Waals surface area contributed by atoms with Crippen LogP contribution in [0, 0.1) is 0 Å². The summed E-state index contributed by atoms with van der Waals surface area (Å²) in [7, 11) is 0. The second kappa shape index (κ2) is 10.5. The van der Waals surface area contributed by atoms with Gasteiger partial charge in [0.05, 0.1) is 0 Å². The third-order valence-corrected chi connectivity index (χ3v) is 5.70. The lowest BCUT2D eigenvalue weighted by Crippen LogP contribution is -2.35. The first-order valence-electron chi connectivity index (χ1n) is 11.0. The zero-order chi connectivity index (χ0) is 24.8. The van der Waals surface area contributed by atoms with E-state index in [1.54, 1.807) is 0 Å².